The number of β-amino-alcohol motifs (C(OH)–C–C–N with tert-alkyl or cyclic N) is 1. The molecule has 30 heavy (non-hydrogen) atoms. The lowest BCUT2D eigenvalue weighted by Gasteiger charge is -2.33. The Balaban J connectivity index is 0.00000841. The third kappa shape index (κ3) is 12.8. The maximum absolute atomic E-state index is 12.2. The normalized spacial score (nSPS) is 17.5. The summed E-state index contributed by atoms with van der Waals surface area (Å²) in [5.74, 6) is 0.620. The van der Waals surface area contributed by atoms with E-state index >= 15 is 0 Å². The Morgan fingerprint density at radius 2 is 1.83 bits per heavy atom. The average molecular weight is 543 g/mol. The molecule has 1 aliphatic rings. The molecule has 0 aromatic rings. The molecule has 1 saturated heterocycles. The minimum absolute atomic E-state index is 0. The molecule has 178 valence electrons. The van der Waals surface area contributed by atoms with E-state index in [4.69, 9.17) is 9.47 Å². The predicted octanol–water partition coefficient (Wildman–Crippen LogP) is 1.50. The highest BCUT2D eigenvalue weighted by Crippen LogP contribution is 2.10. The van der Waals surface area contributed by atoms with Gasteiger partial charge in [0.25, 0.3) is 0 Å². The molecular weight excluding hydrogens is 501 g/mol. The number of nitrogens with zero attached hydrogens (tertiary/aromatic N) is 3. The first-order valence-electron chi connectivity index (χ1n) is 10.6. The van der Waals surface area contributed by atoms with Crippen LogP contribution >= 0.6 is 24.0 Å². The van der Waals surface area contributed by atoms with Crippen molar-refractivity contribution in [2.24, 2.45) is 4.99 Å². The Kier molecular flexibility index (Phi) is 13.9. The number of aliphatic imine (C=N–C) groups is 1. The summed E-state index contributed by atoms with van der Waals surface area (Å²) in [6.07, 6.45) is -0.322. The van der Waals surface area contributed by atoms with E-state index in [0.717, 1.165) is 13.1 Å². The van der Waals surface area contributed by atoms with Crippen LogP contribution in [0.5, 0.6) is 0 Å². The van der Waals surface area contributed by atoms with E-state index in [1.165, 1.54) is 0 Å². The van der Waals surface area contributed by atoms with Crippen molar-refractivity contribution < 1.29 is 19.4 Å². The number of hydrogen-bond donors (Lipinski definition) is 3. The fraction of sp³-hybridized carbons (Fsp3) is 0.900. The standard InChI is InChI=1S/C20H41N5O4.HI/c1-7-21-17(22-9-10-25(8-2)18(26)29-19(3,4)5)23-15-20(6,27)16-24-11-13-28-14-12-24;/h27H,7-16H2,1-6H3,(H2,21,22,23);1H. The van der Waals surface area contributed by atoms with Crippen LogP contribution in [-0.2, 0) is 9.47 Å². The number of aliphatic hydroxyl groups is 1. The summed E-state index contributed by atoms with van der Waals surface area (Å²) in [5, 5.41) is 17.1. The minimum atomic E-state index is -0.925. The van der Waals surface area contributed by atoms with Crippen molar-refractivity contribution in [3.8, 4) is 0 Å². The Morgan fingerprint density at radius 3 is 2.37 bits per heavy atom. The van der Waals surface area contributed by atoms with Gasteiger partial charge in [0.1, 0.15) is 5.60 Å². The number of amides is 1. The van der Waals surface area contributed by atoms with Crippen molar-refractivity contribution in [1.29, 1.82) is 0 Å². The molecular formula is C20H42IN5O4. The Bertz CT molecular complexity index is 520. The molecule has 0 spiro atoms. The van der Waals surface area contributed by atoms with Crippen LogP contribution in [0.15, 0.2) is 4.99 Å². The molecule has 1 aliphatic heterocycles. The number of morpholine rings is 1. The van der Waals surface area contributed by atoms with Gasteiger partial charge in [0.05, 0.1) is 25.4 Å². The van der Waals surface area contributed by atoms with Crippen LogP contribution in [0, 0.1) is 0 Å². The second kappa shape index (κ2) is 14.3. The van der Waals surface area contributed by atoms with Crippen LogP contribution in [0.2, 0.25) is 0 Å². The smallest absolute Gasteiger partial charge is 0.410 e. The van der Waals surface area contributed by atoms with E-state index in [0.29, 0.717) is 51.9 Å². The summed E-state index contributed by atoms with van der Waals surface area (Å²) < 4.78 is 10.8. The number of carbonyl (C=O) groups excluding carboxylic acids is 1. The molecule has 9 nitrogen and oxygen atoms in total. The van der Waals surface area contributed by atoms with Gasteiger partial charge in [-0.25, -0.2) is 4.79 Å². The predicted molar refractivity (Wildman–Crippen MR) is 131 cm³/mol. The highest BCUT2D eigenvalue weighted by Gasteiger charge is 2.25. The fourth-order valence-corrected chi connectivity index (χ4v) is 2.90. The summed E-state index contributed by atoms with van der Waals surface area (Å²) in [7, 11) is 0. The van der Waals surface area contributed by atoms with Crippen LogP contribution in [0.4, 0.5) is 4.79 Å². The molecule has 10 heteroatoms. The van der Waals surface area contributed by atoms with Gasteiger partial charge in [0.15, 0.2) is 5.96 Å². The van der Waals surface area contributed by atoms with Gasteiger partial charge in [0.2, 0.25) is 0 Å². The maximum Gasteiger partial charge on any atom is 0.410 e. The Hall–Kier alpha value is -0.850. The molecule has 1 heterocycles. The van der Waals surface area contributed by atoms with Crippen LogP contribution in [0.3, 0.4) is 0 Å². The molecule has 0 aromatic heterocycles. The van der Waals surface area contributed by atoms with E-state index in [9.17, 15) is 9.90 Å². The lowest BCUT2D eigenvalue weighted by molar-refractivity contribution is -0.0180. The minimum Gasteiger partial charge on any atom is -0.444 e. The summed E-state index contributed by atoms with van der Waals surface area (Å²) in [6.45, 7) is 17.5. The molecule has 1 amide bonds. The first-order valence-corrected chi connectivity index (χ1v) is 10.6. The monoisotopic (exact) mass is 543 g/mol. The topological polar surface area (TPSA) is 98.7 Å². The number of carbonyl (C=O) groups is 1. The molecule has 0 bridgehead atoms. The van der Waals surface area contributed by atoms with Crippen molar-refractivity contribution >= 4 is 36.0 Å². The molecule has 0 saturated carbocycles. The number of guanidine groups is 1. The molecule has 3 N–H and O–H groups in total. The van der Waals surface area contributed by atoms with Gasteiger partial charge >= 0.3 is 6.09 Å². The molecule has 0 aromatic carbocycles. The van der Waals surface area contributed by atoms with E-state index in [1.807, 2.05) is 34.6 Å². The van der Waals surface area contributed by atoms with Crippen molar-refractivity contribution in [3.63, 3.8) is 0 Å². The number of rotatable bonds is 9. The summed E-state index contributed by atoms with van der Waals surface area (Å²) in [4.78, 5) is 20.6. The van der Waals surface area contributed by atoms with Crippen LogP contribution in [0.25, 0.3) is 0 Å². The summed E-state index contributed by atoms with van der Waals surface area (Å²) in [5.41, 5.74) is -1.44. The van der Waals surface area contributed by atoms with Crippen LogP contribution in [0.1, 0.15) is 41.5 Å². The zero-order valence-corrected chi connectivity index (χ0v) is 21.8. The van der Waals surface area contributed by atoms with Gasteiger partial charge in [-0.1, -0.05) is 0 Å². The maximum atomic E-state index is 12.2. The number of ether oxygens (including phenoxy) is 2. The highest BCUT2D eigenvalue weighted by atomic mass is 127. The lowest BCUT2D eigenvalue weighted by Crippen LogP contribution is -2.48. The van der Waals surface area contributed by atoms with Crippen molar-refractivity contribution in [2.75, 3.05) is 65.6 Å². The van der Waals surface area contributed by atoms with Gasteiger partial charge in [-0.2, -0.15) is 0 Å². The SMILES string of the molecule is CCNC(=NCC(C)(O)CN1CCOCC1)NCCN(CC)C(=O)OC(C)(C)C.I. The van der Waals surface area contributed by atoms with E-state index in [-0.39, 0.29) is 36.6 Å². The van der Waals surface area contributed by atoms with Gasteiger partial charge in [-0.05, 0) is 41.5 Å². The lowest BCUT2D eigenvalue weighted by atomic mass is 10.1. The van der Waals surface area contributed by atoms with Gasteiger partial charge in [-0.3, -0.25) is 9.89 Å². The zero-order chi connectivity index (χ0) is 21.9. The Morgan fingerprint density at radius 1 is 1.20 bits per heavy atom. The molecule has 0 aliphatic carbocycles. The van der Waals surface area contributed by atoms with E-state index in [1.54, 1.807) is 11.8 Å². The average Bonchev–Trinajstić information content (AvgIpc) is 2.62. The molecule has 1 fully saturated rings. The summed E-state index contributed by atoms with van der Waals surface area (Å²) in [6, 6.07) is 0. The van der Waals surface area contributed by atoms with Crippen molar-refractivity contribution in [2.45, 2.75) is 52.7 Å². The van der Waals surface area contributed by atoms with E-state index < -0.39 is 11.2 Å². The fourth-order valence-electron chi connectivity index (χ4n) is 2.90. The van der Waals surface area contributed by atoms with Gasteiger partial charge in [0, 0.05) is 45.8 Å². The quantitative estimate of drug-likeness (QED) is 0.230. The molecule has 0 radical (unpaired) electrons. The van der Waals surface area contributed by atoms with Gasteiger partial charge < -0.3 is 30.1 Å². The van der Waals surface area contributed by atoms with Crippen LogP contribution < -0.4 is 10.6 Å². The number of hydrogen-bond acceptors (Lipinski definition) is 6. The van der Waals surface area contributed by atoms with Crippen molar-refractivity contribution in [3.05, 3.63) is 0 Å². The number of nitrogens with one attached hydrogen (secondary N) is 2. The highest BCUT2D eigenvalue weighted by molar-refractivity contribution is 14.0. The first kappa shape index (κ1) is 29.1. The second-order valence-electron chi connectivity index (χ2n) is 8.57. The van der Waals surface area contributed by atoms with E-state index in [2.05, 4.69) is 20.5 Å². The third-order valence-corrected chi connectivity index (χ3v) is 4.30. The first-order chi connectivity index (χ1) is 13.6. The Labute approximate surface area is 199 Å². The molecule has 1 atom stereocenters. The molecule has 1 rings (SSSR count). The second-order valence-corrected chi connectivity index (χ2v) is 8.57. The van der Waals surface area contributed by atoms with Gasteiger partial charge in [-0.15, -0.1) is 24.0 Å². The van der Waals surface area contributed by atoms with Crippen molar-refractivity contribution in [1.82, 2.24) is 20.4 Å². The summed E-state index contributed by atoms with van der Waals surface area (Å²) >= 11 is 0. The third-order valence-electron chi connectivity index (χ3n) is 4.30. The number of halogens is 1. The van der Waals surface area contributed by atoms with Crippen LogP contribution in [-0.4, -0.2) is 104 Å². The zero-order valence-electron chi connectivity index (χ0n) is 19.5. The largest absolute Gasteiger partial charge is 0.444 e. The molecule has 1 unspecified atom stereocenters. The number of likely N-dealkylation sites (N-methyl/N-ethyl adjacent to an activating group) is 1.